The fourth-order valence-corrected chi connectivity index (χ4v) is 2.46. The van der Waals surface area contributed by atoms with Crippen LogP contribution in [0.1, 0.15) is 18.4 Å². The topological polar surface area (TPSA) is 83.5 Å². The van der Waals surface area contributed by atoms with Crippen LogP contribution in [0.3, 0.4) is 0 Å². The van der Waals surface area contributed by atoms with Crippen LogP contribution in [0.4, 0.5) is 10.1 Å². The van der Waals surface area contributed by atoms with E-state index in [-0.39, 0.29) is 24.3 Å². The Morgan fingerprint density at radius 2 is 2.11 bits per heavy atom. The summed E-state index contributed by atoms with van der Waals surface area (Å²) in [7, 11) is -3.72. The first kappa shape index (κ1) is 14.4. The van der Waals surface area contributed by atoms with Gasteiger partial charge in [-0.25, -0.2) is 12.8 Å². The van der Waals surface area contributed by atoms with Crippen molar-refractivity contribution in [3.05, 3.63) is 29.6 Å². The van der Waals surface area contributed by atoms with Crippen LogP contribution in [-0.4, -0.2) is 25.2 Å². The van der Waals surface area contributed by atoms with Gasteiger partial charge in [0, 0.05) is 6.42 Å². The molecule has 0 saturated heterocycles. The molecule has 0 aliphatic heterocycles. The molecule has 0 radical (unpaired) electrons. The minimum atomic E-state index is -3.72. The normalized spacial score (nSPS) is 11.2. The molecular weight excluding hydrogens is 261 g/mol. The Morgan fingerprint density at radius 1 is 1.44 bits per heavy atom. The summed E-state index contributed by atoms with van der Waals surface area (Å²) in [6, 6.07) is 4.13. The monoisotopic (exact) mass is 275 g/mol. The van der Waals surface area contributed by atoms with Gasteiger partial charge in [-0.2, -0.15) is 0 Å². The van der Waals surface area contributed by atoms with Gasteiger partial charge in [-0.15, -0.1) is 0 Å². The highest BCUT2D eigenvalue weighted by Gasteiger charge is 2.13. The molecule has 5 nitrogen and oxygen atoms in total. The van der Waals surface area contributed by atoms with Gasteiger partial charge < -0.3 is 5.11 Å². The van der Waals surface area contributed by atoms with E-state index in [1.54, 1.807) is 13.0 Å². The Hall–Kier alpha value is -1.63. The number of halogens is 1. The van der Waals surface area contributed by atoms with Crippen LogP contribution < -0.4 is 4.72 Å². The molecule has 0 aliphatic carbocycles. The molecule has 0 amide bonds. The molecule has 0 fully saturated rings. The number of anilines is 1. The lowest BCUT2D eigenvalue weighted by Gasteiger charge is -2.08. The number of rotatable bonds is 6. The average Bonchev–Trinajstić information content (AvgIpc) is 2.21. The third kappa shape index (κ3) is 4.70. The predicted molar refractivity (Wildman–Crippen MR) is 65.4 cm³/mol. The van der Waals surface area contributed by atoms with E-state index in [1.807, 2.05) is 0 Å². The highest BCUT2D eigenvalue weighted by atomic mass is 32.2. The van der Waals surface area contributed by atoms with Crippen LogP contribution in [-0.2, 0) is 14.8 Å². The van der Waals surface area contributed by atoms with Gasteiger partial charge in [0.1, 0.15) is 5.82 Å². The fraction of sp³-hybridized carbons (Fsp3) is 0.364. The lowest BCUT2D eigenvalue weighted by atomic mass is 10.2. The molecule has 1 aromatic rings. The predicted octanol–water partition coefficient (Wildman–Crippen LogP) is 1.74. The second-order valence-electron chi connectivity index (χ2n) is 3.90. The van der Waals surface area contributed by atoms with Gasteiger partial charge in [0.25, 0.3) is 0 Å². The molecule has 0 aromatic heterocycles. The molecule has 100 valence electrons. The van der Waals surface area contributed by atoms with Gasteiger partial charge >= 0.3 is 5.97 Å². The molecular formula is C11H14FNO4S. The number of benzene rings is 1. The van der Waals surface area contributed by atoms with Crippen LogP contribution in [0.2, 0.25) is 0 Å². The second-order valence-corrected chi connectivity index (χ2v) is 5.74. The van der Waals surface area contributed by atoms with Crippen molar-refractivity contribution in [2.45, 2.75) is 19.8 Å². The molecule has 0 unspecified atom stereocenters. The SMILES string of the molecule is Cc1ccc(NS(=O)(=O)CCCC(=O)O)c(F)c1. The Kier molecular flexibility index (Phi) is 4.66. The Morgan fingerprint density at radius 3 is 2.67 bits per heavy atom. The zero-order chi connectivity index (χ0) is 13.8. The summed E-state index contributed by atoms with van der Waals surface area (Å²) in [4.78, 5) is 10.3. The fourth-order valence-electron chi connectivity index (χ4n) is 1.33. The van der Waals surface area contributed by atoms with Crippen LogP contribution >= 0.6 is 0 Å². The molecule has 7 heteroatoms. The number of carbonyl (C=O) groups is 1. The molecule has 0 atom stereocenters. The van der Waals surface area contributed by atoms with Crippen molar-refractivity contribution >= 4 is 21.7 Å². The van der Waals surface area contributed by atoms with Crippen molar-refractivity contribution < 1.29 is 22.7 Å². The number of sulfonamides is 1. The van der Waals surface area contributed by atoms with E-state index >= 15 is 0 Å². The molecule has 0 aliphatic rings. The third-order valence-electron chi connectivity index (χ3n) is 2.19. The number of hydrogen-bond acceptors (Lipinski definition) is 3. The average molecular weight is 275 g/mol. The summed E-state index contributed by atoms with van der Waals surface area (Å²) in [5, 5.41) is 8.40. The number of hydrogen-bond donors (Lipinski definition) is 2. The lowest BCUT2D eigenvalue weighted by molar-refractivity contribution is -0.137. The molecule has 0 bridgehead atoms. The van der Waals surface area contributed by atoms with E-state index in [0.29, 0.717) is 5.56 Å². The summed E-state index contributed by atoms with van der Waals surface area (Å²) in [5.74, 6) is -2.07. The smallest absolute Gasteiger partial charge is 0.303 e. The van der Waals surface area contributed by atoms with Gasteiger partial charge in [0.15, 0.2) is 0 Å². The highest BCUT2D eigenvalue weighted by Crippen LogP contribution is 2.17. The van der Waals surface area contributed by atoms with E-state index in [1.165, 1.54) is 12.1 Å². The molecule has 0 spiro atoms. The van der Waals surface area contributed by atoms with Crippen molar-refractivity contribution in [3.63, 3.8) is 0 Å². The number of carboxylic acids is 1. The van der Waals surface area contributed by atoms with Crippen molar-refractivity contribution in [3.8, 4) is 0 Å². The van der Waals surface area contributed by atoms with E-state index in [9.17, 15) is 17.6 Å². The number of aliphatic carboxylic acids is 1. The van der Waals surface area contributed by atoms with Crippen molar-refractivity contribution in [2.75, 3.05) is 10.5 Å². The summed E-state index contributed by atoms with van der Waals surface area (Å²) in [6.45, 7) is 1.69. The summed E-state index contributed by atoms with van der Waals surface area (Å²) in [6.07, 6.45) is -0.255. The van der Waals surface area contributed by atoms with Crippen LogP contribution in [0, 0.1) is 12.7 Å². The van der Waals surface area contributed by atoms with E-state index < -0.39 is 21.8 Å². The zero-order valence-electron chi connectivity index (χ0n) is 9.81. The van der Waals surface area contributed by atoms with Crippen LogP contribution in [0.25, 0.3) is 0 Å². The first-order valence-electron chi connectivity index (χ1n) is 5.28. The quantitative estimate of drug-likeness (QED) is 0.828. The van der Waals surface area contributed by atoms with Gasteiger partial charge in [-0.05, 0) is 31.0 Å². The molecule has 2 N–H and O–H groups in total. The van der Waals surface area contributed by atoms with Gasteiger partial charge in [0.2, 0.25) is 10.0 Å². The minimum absolute atomic E-state index is 0.0157. The Balaban J connectivity index is 2.67. The van der Waals surface area contributed by atoms with E-state index in [2.05, 4.69) is 4.72 Å². The molecule has 0 saturated carbocycles. The summed E-state index contributed by atoms with van der Waals surface area (Å²) in [5.41, 5.74) is 0.553. The number of carboxylic acid groups (broad SMARTS) is 1. The maximum atomic E-state index is 13.4. The minimum Gasteiger partial charge on any atom is -0.481 e. The van der Waals surface area contributed by atoms with Gasteiger partial charge in [-0.1, -0.05) is 6.07 Å². The first-order valence-corrected chi connectivity index (χ1v) is 6.94. The summed E-state index contributed by atoms with van der Waals surface area (Å²) >= 11 is 0. The number of nitrogens with one attached hydrogen (secondary N) is 1. The maximum absolute atomic E-state index is 13.4. The highest BCUT2D eigenvalue weighted by molar-refractivity contribution is 7.92. The first-order chi connectivity index (χ1) is 8.30. The Labute approximate surface area is 105 Å². The molecule has 1 aromatic carbocycles. The van der Waals surface area contributed by atoms with Crippen molar-refractivity contribution in [1.82, 2.24) is 0 Å². The standard InChI is InChI=1S/C11H14FNO4S/c1-8-4-5-10(9(12)7-8)13-18(16,17)6-2-3-11(14)15/h4-5,7,13H,2-3,6H2,1H3,(H,14,15). The lowest BCUT2D eigenvalue weighted by Crippen LogP contribution is -2.18. The van der Waals surface area contributed by atoms with Crippen LogP contribution in [0.15, 0.2) is 18.2 Å². The zero-order valence-corrected chi connectivity index (χ0v) is 10.6. The number of aryl methyl sites for hydroxylation is 1. The molecule has 1 rings (SSSR count). The largest absolute Gasteiger partial charge is 0.481 e. The van der Waals surface area contributed by atoms with Crippen molar-refractivity contribution in [1.29, 1.82) is 0 Å². The summed E-state index contributed by atoms with van der Waals surface area (Å²) < 4.78 is 38.6. The van der Waals surface area contributed by atoms with Gasteiger partial charge in [-0.3, -0.25) is 9.52 Å². The molecule has 0 heterocycles. The van der Waals surface area contributed by atoms with Crippen LogP contribution in [0.5, 0.6) is 0 Å². The van der Waals surface area contributed by atoms with E-state index in [4.69, 9.17) is 5.11 Å². The van der Waals surface area contributed by atoms with Gasteiger partial charge in [0.05, 0.1) is 11.4 Å². The third-order valence-corrected chi connectivity index (χ3v) is 3.55. The maximum Gasteiger partial charge on any atom is 0.303 e. The molecule has 18 heavy (non-hydrogen) atoms. The van der Waals surface area contributed by atoms with Crippen molar-refractivity contribution in [2.24, 2.45) is 0 Å². The second kappa shape index (κ2) is 5.81. The van der Waals surface area contributed by atoms with E-state index in [0.717, 1.165) is 0 Å². The Bertz CT molecular complexity index is 542.